The molecule has 2 saturated heterocycles. The van der Waals surface area contributed by atoms with Crippen molar-refractivity contribution >= 4 is 33.2 Å². The monoisotopic (exact) mass is 363 g/mol. The van der Waals surface area contributed by atoms with Crippen molar-refractivity contribution < 1.29 is 0 Å². The zero-order chi connectivity index (χ0) is 16.4. The average Bonchev–Trinajstić information content (AvgIpc) is 3.04. The Balaban J connectivity index is 1.30. The molecule has 0 spiro atoms. The van der Waals surface area contributed by atoms with Crippen molar-refractivity contribution in [3.8, 4) is 0 Å². The van der Waals surface area contributed by atoms with Crippen LogP contribution in [0.1, 0.15) is 43.0 Å². The molecule has 4 rings (SSSR count). The molecule has 2 fully saturated rings. The fourth-order valence-corrected chi connectivity index (χ4v) is 5.25. The third-order valence-electron chi connectivity index (χ3n) is 5.48. The van der Waals surface area contributed by atoms with Gasteiger partial charge in [-0.15, -0.1) is 11.3 Å². The van der Waals surface area contributed by atoms with Crippen molar-refractivity contribution in [2.24, 2.45) is 0 Å². The zero-order valence-corrected chi connectivity index (χ0v) is 15.8. The molecule has 0 aliphatic carbocycles. The van der Waals surface area contributed by atoms with E-state index in [1.807, 2.05) is 23.5 Å². The van der Waals surface area contributed by atoms with Crippen LogP contribution in [-0.2, 0) is 0 Å². The summed E-state index contributed by atoms with van der Waals surface area (Å²) in [6.45, 7) is 7.55. The lowest BCUT2D eigenvalue weighted by Gasteiger charge is -2.34. The first kappa shape index (κ1) is 16.8. The molecule has 0 atom stereocenters. The molecule has 3 nitrogen and oxygen atoms in total. The standard InChI is InChI=1S/C19H26ClN3S/c20-16-4-5-18-17(14-16)21-19(24-18)15-6-10-23(11-7-15)13-12-22-8-2-1-3-9-22/h4-5,14-15H,1-3,6-13H2. The van der Waals surface area contributed by atoms with Gasteiger partial charge in [0.15, 0.2) is 0 Å². The van der Waals surface area contributed by atoms with Gasteiger partial charge in [0.1, 0.15) is 0 Å². The maximum absolute atomic E-state index is 6.09. The lowest BCUT2D eigenvalue weighted by Crippen LogP contribution is -2.40. The number of fused-ring (bicyclic) bond motifs is 1. The molecule has 2 aliphatic rings. The fourth-order valence-electron chi connectivity index (χ4n) is 3.96. The topological polar surface area (TPSA) is 19.4 Å². The Morgan fingerprint density at radius 2 is 1.71 bits per heavy atom. The Morgan fingerprint density at radius 3 is 2.46 bits per heavy atom. The van der Waals surface area contributed by atoms with Gasteiger partial charge < -0.3 is 9.80 Å². The summed E-state index contributed by atoms with van der Waals surface area (Å²) in [5.41, 5.74) is 1.06. The van der Waals surface area contributed by atoms with Gasteiger partial charge in [-0.05, 0) is 70.1 Å². The molecule has 3 heterocycles. The van der Waals surface area contributed by atoms with Crippen LogP contribution in [0, 0.1) is 0 Å². The van der Waals surface area contributed by atoms with Gasteiger partial charge in [-0.2, -0.15) is 0 Å². The highest BCUT2D eigenvalue weighted by atomic mass is 35.5. The number of piperidine rings is 2. The molecular formula is C19H26ClN3S. The van der Waals surface area contributed by atoms with Crippen LogP contribution < -0.4 is 0 Å². The Bertz CT molecular complexity index is 672. The van der Waals surface area contributed by atoms with E-state index >= 15 is 0 Å². The quantitative estimate of drug-likeness (QED) is 0.790. The molecule has 5 heteroatoms. The molecule has 0 N–H and O–H groups in total. The van der Waals surface area contributed by atoms with Crippen molar-refractivity contribution in [3.63, 3.8) is 0 Å². The van der Waals surface area contributed by atoms with Crippen molar-refractivity contribution in [2.45, 2.75) is 38.0 Å². The highest BCUT2D eigenvalue weighted by Crippen LogP contribution is 2.34. The van der Waals surface area contributed by atoms with E-state index in [1.165, 1.54) is 81.1 Å². The third kappa shape index (κ3) is 3.93. The van der Waals surface area contributed by atoms with Gasteiger partial charge >= 0.3 is 0 Å². The molecule has 0 unspecified atom stereocenters. The normalized spacial score (nSPS) is 21.5. The number of thiazole rings is 1. The number of aromatic nitrogens is 1. The molecule has 1 aromatic heterocycles. The number of likely N-dealkylation sites (tertiary alicyclic amines) is 2. The van der Waals surface area contributed by atoms with Crippen LogP contribution in [0.4, 0.5) is 0 Å². The summed E-state index contributed by atoms with van der Waals surface area (Å²) in [6, 6.07) is 6.06. The fraction of sp³-hybridized carbons (Fsp3) is 0.632. The van der Waals surface area contributed by atoms with Crippen molar-refractivity contribution in [3.05, 3.63) is 28.2 Å². The van der Waals surface area contributed by atoms with E-state index in [2.05, 4.69) is 15.9 Å². The molecule has 2 aromatic rings. The number of hydrogen-bond acceptors (Lipinski definition) is 4. The van der Waals surface area contributed by atoms with E-state index in [0.717, 1.165) is 10.5 Å². The van der Waals surface area contributed by atoms with E-state index in [0.29, 0.717) is 5.92 Å². The summed E-state index contributed by atoms with van der Waals surface area (Å²) in [4.78, 5) is 10.1. The first-order valence-electron chi connectivity index (χ1n) is 9.29. The summed E-state index contributed by atoms with van der Waals surface area (Å²) in [6.07, 6.45) is 6.70. The van der Waals surface area contributed by atoms with Crippen LogP contribution in [0.5, 0.6) is 0 Å². The van der Waals surface area contributed by atoms with Gasteiger partial charge in [-0.25, -0.2) is 4.98 Å². The summed E-state index contributed by atoms with van der Waals surface area (Å²) in [7, 11) is 0. The molecule has 2 aliphatic heterocycles. The lowest BCUT2D eigenvalue weighted by molar-refractivity contribution is 0.159. The van der Waals surface area contributed by atoms with Gasteiger partial charge in [-0.1, -0.05) is 18.0 Å². The number of halogens is 1. The van der Waals surface area contributed by atoms with Crippen LogP contribution in [0.2, 0.25) is 5.02 Å². The van der Waals surface area contributed by atoms with Gasteiger partial charge in [0.2, 0.25) is 0 Å². The van der Waals surface area contributed by atoms with Crippen LogP contribution >= 0.6 is 22.9 Å². The van der Waals surface area contributed by atoms with Gasteiger partial charge in [0, 0.05) is 24.0 Å². The maximum atomic E-state index is 6.09. The van der Waals surface area contributed by atoms with Gasteiger partial charge in [0.25, 0.3) is 0 Å². The lowest BCUT2D eigenvalue weighted by atomic mass is 9.97. The van der Waals surface area contributed by atoms with E-state index in [1.54, 1.807) is 0 Å². The van der Waals surface area contributed by atoms with Crippen LogP contribution in [0.3, 0.4) is 0 Å². The second-order valence-corrected chi connectivity index (χ2v) is 8.68. The smallest absolute Gasteiger partial charge is 0.0970 e. The van der Waals surface area contributed by atoms with E-state index in [-0.39, 0.29) is 0 Å². The molecule has 0 saturated carbocycles. The molecule has 1 aromatic carbocycles. The maximum Gasteiger partial charge on any atom is 0.0970 e. The second-order valence-electron chi connectivity index (χ2n) is 7.18. The minimum atomic E-state index is 0.632. The Hall–Kier alpha value is -0.680. The average molecular weight is 364 g/mol. The summed E-state index contributed by atoms with van der Waals surface area (Å²) in [5, 5.41) is 2.09. The van der Waals surface area contributed by atoms with Crippen molar-refractivity contribution in [1.29, 1.82) is 0 Å². The molecule has 130 valence electrons. The van der Waals surface area contributed by atoms with Crippen LogP contribution in [0.25, 0.3) is 10.2 Å². The molecule has 0 radical (unpaired) electrons. The summed E-state index contributed by atoms with van der Waals surface area (Å²) < 4.78 is 1.27. The van der Waals surface area contributed by atoms with Gasteiger partial charge in [0.05, 0.1) is 15.2 Å². The first-order chi connectivity index (χ1) is 11.8. The molecule has 24 heavy (non-hydrogen) atoms. The summed E-state index contributed by atoms with van der Waals surface area (Å²) in [5.74, 6) is 0.632. The molecule has 0 bridgehead atoms. The zero-order valence-electron chi connectivity index (χ0n) is 14.2. The highest BCUT2D eigenvalue weighted by Gasteiger charge is 2.23. The number of nitrogens with zero attached hydrogens (tertiary/aromatic N) is 3. The highest BCUT2D eigenvalue weighted by molar-refractivity contribution is 7.18. The minimum Gasteiger partial charge on any atom is -0.302 e. The number of benzene rings is 1. The molecular weight excluding hydrogens is 338 g/mol. The second kappa shape index (κ2) is 7.69. The Morgan fingerprint density at radius 1 is 1.00 bits per heavy atom. The molecule has 0 amide bonds. The van der Waals surface area contributed by atoms with E-state index < -0.39 is 0 Å². The largest absolute Gasteiger partial charge is 0.302 e. The SMILES string of the molecule is Clc1ccc2sc(C3CCN(CCN4CCCCC4)CC3)nc2c1. The minimum absolute atomic E-state index is 0.632. The Kier molecular flexibility index (Phi) is 5.37. The predicted molar refractivity (Wildman–Crippen MR) is 103 cm³/mol. The van der Waals surface area contributed by atoms with E-state index in [9.17, 15) is 0 Å². The summed E-state index contributed by atoms with van der Waals surface area (Å²) >= 11 is 7.94. The predicted octanol–water partition coefficient (Wildman–Crippen LogP) is 4.62. The van der Waals surface area contributed by atoms with Crippen molar-refractivity contribution in [1.82, 2.24) is 14.8 Å². The van der Waals surface area contributed by atoms with Crippen molar-refractivity contribution in [2.75, 3.05) is 39.3 Å². The number of hydrogen-bond donors (Lipinski definition) is 0. The van der Waals surface area contributed by atoms with E-state index in [4.69, 9.17) is 16.6 Å². The van der Waals surface area contributed by atoms with Gasteiger partial charge in [-0.3, -0.25) is 0 Å². The Labute approximate surface area is 153 Å². The third-order valence-corrected chi connectivity index (χ3v) is 6.92. The number of rotatable bonds is 4. The first-order valence-corrected chi connectivity index (χ1v) is 10.5. The van der Waals surface area contributed by atoms with Crippen LogP contribution in [0.15, 0.2) is 18.2 Å². The van der Waals surface area contributed by atoms with Crippen LogP contribution in [-0.4, -0.2) is 54.1 Å².